The number of ether oxygens (including phenoxy) is 1. The average molecular weight is 444 g/mol. The molecule has 0 spiro atoms. The van der Waals surface area contributed by atoms with E-state index < -0.39 is 5.60 Å². The molecular formula is C29H33NO3. The smallest absolute Gasteiger partial charge is 0.308 e. The zero-order valence-corrected chi connectivity index (χ0v) is 20.0. The number of aliphatic hydroxyl groups is 1. The fraction of sp³-hybridized carbons (Fsp3) is 0.276. The number of carbonyl (C=O) groups excluding carboxylic acids is 1. The van der Waals surface area contributed by atoms with Gasteiger partial charge in [0.25, 0.3) is 0 Å². The number of aliphatic hydroxyl groups excluding tert-OH is 1. The molecule has 3 aromatic rings. The number of esters is 1. The zero-order chi connectivity index (χ0) is 24.0. The van der Waals surface area contributed by atoms with Crippen LogP contribution in [-0.4, -0.2) is 27.9 Å². The van der Waals surface area contributed by atoms with Crippen molar-refractivity contribution in [2.24, 2.45) is 0 Å². The Morgan fingerprint density at radius 2 is 1.73 bits per heavy atom. The van der Waals surface area contributed by atoms with E-state index in [-0.39, 0.29) is 19.0 Å². The summed E-state index contributed by atoms with van der Waals surface area (Å²) in [6.07, 6.45) is 4.01. The summed E-state index contributed by atoms with van der Waals surface area (Å²) in [6.45, 7) is 12.0. The molecule has 0 aliphatic rings. The van der Waals surface area contributed by atoms with Crippen LogP contribution in [0, 0.1) is 0 Å². The Kier molecular flexibility index (Phi) is 7.72. The topological polar surface area (TPSA) is 51.5 Å². The Balaban J connectivity index is 2.11. The molecule has 0 atom stereocenters. The number of aromatic nitrogens is 1. The van der Waals surface area contributed by atoms with Crippen molar-refractivity contribution in [2.75, 3.05) is 6.61 Å². The molecule has 3 rings (SSSR count). The van der Waals surface area contributed by atoms with Crippen molar-refractivity contribution < 1.29 is 14.6 Å². The molecule has 2 aromatic carbocycles. The summed E-state index contributed by atoms with van der Waals surface area (Å²) >= 11 is 0. The van der Waals surface area contributed by atoms with E-state index in [0.717, 1.165) is 39.2 Å². The highest BCUT2D eigenvalue weighted by Crippen LogP contribution is 2.35. The van der Waals surface area contributed by atoms with Gasteiger partial charge in [-0.05, 0) is 62.1 Å². The molecule has 1 aromatic heterocycles. The molecular weight excluding hydrogens is 410 g/mol. The predicted molar refractivity (Wildman–Crippen MR) is 137 cm³/mol. The molecule has 0 aliphatic carbocycles. The monoisotopic (exact) mass is 443 g/mol. The lowest BCUT2D eigenvalue weighted by Gasteiger charge is -2.21. The first-order valence-electron chi connectivity index (χ1n) is 11.3. The Labute approximate surface area is 196 Å². The molecule has 0 aliphatic heterocycles. The summed E-state index contributed by atoms with van der Waals surface area (Å²) in [5, 5.41) is 9.85. The highest BCUT2D eigenvalue weighted by molar-refractivity contribution is 5.85. The van der Waals surface area contributed by atoms with Gasteiger partial charge in [-0.15, -0.1) is 0 Å². The zero-order valence-electron chi connectivity index (χ0n) is 20.0. The second-order valence-electron chi connectivity index (χ2n) is 8.90. The number of hydrogen-bond acceptors (Lipinski definition) is 3. The van der Waals surface area contributed by atoms with Gasteiger partial charge in [0, 0.05) is 23.5 Å². The average Bonchev–Trinajstić information content (AvgIpc) is 3.21. The van der Waals surface area contributed by atoms with E-state index >= 15 is 0 Å². The van der Waals surface area contributed by atoms with Crippen LogP contribution in [0.3, 0.4) is 0 Å². The summed E-state index contributed by atoms with van der Waals surface area (Å²) in [5.74, 6) is -0.227. The molecule has 1 N–H and O–H groups in total. The summed E-state index contributed by atoms with van der Waals surface area (Å²) in [6, 6.07) is 20.4. The molecule has 1 heterocycles. The van der Waals surface area contributed by atoms with Gasteiger partial charge in [-0.2, -0.15) is 0 Å². The number of nitrogens with zero attached hydrogens (tertiary/aromatic N) is 1. The van der Waals surface area contributed by atoms with Crippen LogP contribution < -0.4 is 0 Å². The van der Waals surface area contributed by atoms with Gasteiger partial charge in [0.15, 0.2) is 0 Å². The van der Waals surface area contributed by atoms with Gasteiger partial charge >= 0.3 is 5.97 Å². The maximum atomic E-state index is 12.5. The van der Waals surface area contributed by atoms with Crippen molar-refractivity contribution in [1.82, 2.24) is 4.57 Å². The number of rotatable bonds is 8. The van der Waals surface area contributed by atoms with E-state index in [1.54, 1.807) is 0 Å². The van der Waals surface area contributed by atoms with Crippen molar-refractivity contribution in [3.8, 4) is 22.5 Å². The Hall–Kier alpha value is -3.37. The molecule has 0 bridgehead atoms. The molecule has 0 saturated heterocycles. The third-order valence-corrected chi connectivity index (χ3v) is 5.46. The van der Waals surface area contributed by atoms with E-state index in [0.29, 0.717) is 6.54 Å². The molecule has 0 saturated carbocycles. The van der Waals surface area contributed by atoms with E-state index in [4.69, 9.17) is 4.74 Å². The minimum Gasteiger partial charge on any atom is -0.460 e. The minimum atomic E-state index is -0.517. The Morgan fingerprint density at radius 1 is 1.03 bits per heavy atom. The Morgan fingerprint density at radius 3 is 2.33 bits per heavy atom. The quantitative estimate of drug-likeness (QED) is 0.399. The van der Waals surface area contributed by atoms with Gasteiger partial charge < -0.3 is 14.4 Å². The largest absolute Gasteiger partial charge is 0.460 e. The second-order valence-corrected chi connectivity index (χ2v) is 8.90. The third kappa shape index (κ3) is 5.71. The van der Waals surface area contributed by atoms with Gasteiger partial charge in [-0.25, -0.2) is 0 Å². The van der Waals surface area contributed by atoms with E-state index in [9.17, 15) is 9.90 Å². The lowest BCUT2D eigenvalue weighted by molar-refractivity contribution is -0.155. The fourth-order valence-electron chi connectivity index (χ4n) is 4.02. The van der Waals surface area contributed by atoms with Gasteiger partial charge in [-0.1, -0.05) is 67.3 Å². The first-order chi connectivity index (χ1) is 15.8. The van der Waals surface area contributed by atoms with Crippen LogP contribution in [-0.2, 0) is 16.1 Å². The van der Waals surface area contributed by atoms with Gasteiger partial charge in [0.05, 0.1) is 13.0 Å². The number of hydrogen-bond donors (Lipinski definition) is 1. The molecule has 4 heteroatoms. The fourth-order valence-corrected chi connectivity index (χ4v) is 4.02. The minimum absolute atomic E-state index is 0.0459. The highest BCUT2D eigenvalue weighted by atomic mass is 16.6. The maximum Gasteiger partial charge on any atom is 0.308 e. The summed E-state index contributed by atoms with van der Waals surface area (Å²) in [5.41, 5.74) is 6.34. The first kappa shape index (κ1) is 24.3. The molecule has 33 heavy (non-hydrogen) atoms. The van der Waals surface area contributed by atoms with Crippen molar-refractivity contribution >= 4 is 17.6 Å². The third-order valence-electron chi connectivity index (χ3n) is 5.46. The standard InChI is InChI=1S/C29H33NO3/c1-6-21(20-31)24-14-11-15-25(23(24)7-2)27-17-16-26(22-12-9-8-10-13-22)30(27)19-18-28(32)33-29(3,4)5/h6-17,31H,2,18-20H2,1,3-5H3/b21-6-. The second kappa shape index (κ2) is 10.5. The summed E-state index contributed by atoms with van der Waals surface area (Å²) < 4.78 is 7.71. The van der Waals surface area contributed by atoms with Crippen LogP contribution in [0.2, 0.25) is 0 Å². The molecule has 4 nitrogen and oxygen atoms in total. The van der Waals surface area contributed by atoms with Crippen LogP contribution in [0.5, 0.6) is 0 Å². The van der Waals surface area contributed by atoms with Crippen LogP contribution in [0.25, 0.3) is 34.2 Å². The highest BCUT2D eigenvalue weighted by Gasteiger charge is 2.20. The SMILES string of the molecule is C=Cc1c(/C(=C\C)CO)cccc1-c1ccc(-c2ccccc2)n1CCC(=O)OC(C)(C)C. The number of carbonyl (C=O) groups is 1. The van der Waals surface area contributed by atoms with Gasteiger partial charge in [0.1, 0.15) is 5.60 Å². The molecule has 0 fully saturated rings. The van der Waals surface area contributed by atoms with E-state index in [2.05, 4.69) is 41.5 Å². The lowest BCUT2D eigenvalue weighted by Crippen LogP contribution is -2.24. The van der Waals surface area contributed by atoms with Crippen LogP contribution in [0.4, 0.5) is 0 Å². The summed E-state index contributed by atoms with van der Waals surface area (Å²) in [7, 11) is 0. The summed E-state index contributed by atoms with van der Waals surface area (Å²) in [4.78, 5) is 12.5. The van der Waals surface area contributed by atoms with Gasteiger partial charge in [0.2, 0.25) is 0 Å². The van der Waals surface area contributed by atoms with Crippen molar-refractivity contribution in [3.05, 3.63) is 84.4 Å². The molecule has 0 radical (unpaired) electrons. The van der Waals surface area contributed by atoms with E-state index in [1.165, 1.54) is 0 Å². The van der Waals surface area contributed by atoms with Crippen LogP contribution in [0.15, 0.2) is 73.3 Å². The van der Waals surface area contributed by atoms with Crippen molar-refractivity contribution in [1.29, 1.82) is 0 Å². The van der Waals surface area contributed by atoms with Crippen molar-refractivity contribution in [3.63, 3.8) is 0 Å². The normalized spacial score (nSPS) is 12.0. The molecule has 0 unspecified atom stereocenters. The van der Waals surface area contributed by atoms with Crippen molar-refractivity contribution in [2.45, 2.75) is 46.3 Å². The molecule has 172 valence electrons. The predicted octanol–water partition coefficient (Wildman–Crippen LogP) is 6.59. The number of benzene rings is 2. The first-order valence-corrected chi connectivity index (χ1v) is 11.3. The van der Waals surface area contributed by atoms with Gasteiger partial charge in [-0.3, -0.25) is 4.79 Å². The van der Waals surface area contributed by atoms with Crippen LogP contribution in [0.1, 0.15) is 45.2 Å². The Bertz CT molecular complexity index is 1150. The van der Waals surface area contributed by atoms with E-state index in [1.807, 2.05) is 70.2 Å². The maximum absolute atomic E-state index is 12.5. The van der Waals surface area contributed by atoms with Crippen LogP contribution >= 0.6 is 0 Å². The number of allylic oxidation sites excluding steroid dienone is 1. The lowest BCUT2D eigenvalue weighted by atomic mass is 9.94. The molecule has 0 amide bonds.